The van der Waals surface area contributed by atoms with Crippen molar-refractivity contribution >= 4 is 21.4 Å². The minimum Gasteiger partial charge on any atom is -0.310 e. The number of fused-ring (bicyclic) bond motifs is 1. The quantitative estimate of drug-likeness (QED) is 0.930. The molecule has 18 heavy (non-hydrogen) atoms. The van der Waals surface area contributed by atoms with Crippen molar-refractivity contribution < 1.29 is 8.42 Å². The normalized spacial score (nSPS) is 22.2. The van der Waals surface area contributed by atoms with Gasteiger partial charge in [0, 0.05) is 11.1 Å². The van der Waals surface area contributed by atoms with E-state index in [0.717, 1.165) is 24.9 Å². The summed E-state index contributed by atoms with van der Waals surface area (Å²) >= 11 is 6.00. The maximum absolute atomic E-state index is 12.2. The predicted molar refractivity (Wildman–Crippen MR) is 73.8 cm³/mol. The first-order valence-corrected chi connectivity index (χ1v) is 8.33. The second-order valence-electron chi connectivity index (χ2n) is 4.65. The minimum atomic E-state index is -3.15. The molecule has 2 rings (SSSR count). The first-order chi connectivity index (χ1) is 8.54. The molecule has 1 aliphatic rings. The van der Waals surface area contributed by atoms with Crippen molar-refractivity contribution in [3.05, 3.63) is 28.8 Å². The zero-order valence-corrected chi connectivity index (χ0v) is 12.0. The highest BCUT2D eigenvalue weighted by Gasteiger charge is 2.27. The molecule has 0 aromatic heterocycles. The van der Waals surface area contributed by atoms with E-state index in [0.29, 0.717) is 16.3 Å². The molecule has 0 radical (unpaired) electrons. The molecular weight excluding hydrogens is 270 g/mol. The third-order valence-corrected chi connectivity index (χ3v) is 5.33. The third kappa shape index (κ3) is 2.87. The molecule has 1 aromatic rings. The van der Waals surface area contributed by atoms with E-state index in [1.165, 1.54) is 0 Å². The van der Waals surface area contributed by atoms with Gasteiger partial charge in [-0.15, -0.1) is 0 Å². The summed E-state index contributed by atoms with van der Waals surface area (Å²) in [5.74, 6) is 0.228. The number of sulfone groups is 1. The van der Waals surface area contributed by atoms with Gasteiger partial charge in [-0.25, -0.2) is 8.42 Å². The molecule has 0 spiro atoms. The highest BCUT2D eigenvalue weighted by Crippen LogP contribution is 2.32. The molecule has 0 saturated heterocycles. The van der Waals surface area contributed by atoms with Gasteiger partial charge in [-0.2, -0.15) is 0 Å². The van der Waals surface area contributed by atoms with E-state index in [1.54, 1.807) is 18.2 Å². The summed E-state index contributed by atoms with van der Waals surface area (Å²) in [5.41, 5.74) is 0.827. The lowest BCUT2D eigenvalue weighted by Crippen LogP contribution is -2.22. The summed E-state index contributed by atoms with van der Waals surface area (Å²) in [6, 6.07) is 5.17. The van der Waals surface area contributed by atoms with Crippen LogP contribution in [0.4, 0.5) is 0 Å². The van der Waals surface area contributed by atoms with Crippen LogP contribution in [-0.2, 0) is 9.84 Å². The van der Waals surface area contributed by atoms with Gasteiger partial charge in [0.05, 0.1) is 10.6 Å². The Morgan fingerprint density at radius 3 is 2.94 bits per heavy atom. The molecule has 0 aliphatic carbocycles. The van der Waals surface area contributed by atoms with Crippen LogP contribution in [0, 0.1) is 0 Å². The Morgan fingerprint density at radius 2 is 2.22 bits per heavy atom. The van der Waals surface area contributed by atoms with Crippen molar-refractivity contribution in [1.29, 1.82) is 0 Å². The molecule has 100 valence electrons. The van der Waals surface area contributed by atoms with Crippen LogP contribution in [0.1, 0.15) is 37.8 Å². The standard InChI is InChI=1S/C13H18ClNO2S/c1-2-7-15-12-4-3-8-18(16,17)13-6-5-10(14)9-11(12)13/h5-6,9,12,15H,2-4,7-8H2,1H3. The maximum atomic E-state index is 12.2. The van der Waals surface area contributed by atoms with Gasteiger partial charge >= 0.3 is 0 Å². The van der Waals surface area contributed by atoms with Crippen molar-refractivity contribution in [2.24, 2.45) is 0 Å². The van der Waals surface area contributed by atoms with Crippen LogP contribution in [0.3, 0.4) is 0 Å². The fourth-order valence-electron chi connectivity index (χ4n) is 2.35. The highest BCUT2D eigenvalue weighted by molar-refractivity contribution is 7.91. The van der Waals surface area contributed by atoms with Gasteiger partial charge in [0.15, 0.2) is 9.84 Å². The van der Waals surface area contributed by atoms with Crippen molar-refractivity contribution in [3.8, 4) is 0 Å². The SMILES string of the molecule is CCCNC1CCCS(=O)(=O)c2ccc(Cl)cc21. The van der Waals surface area contributed by atoms with E-state index >= 15 is 0 Å². The Bertz CT molecular complexity index is 528. The summed E-state index contributed by atoms with van der Waals surface area (Å²) in [4.78, 5) is 0.443. The molecule has 1 heterocycles. The van der Waals surface area contributed by atoms with E-state index in [-0.39, 0.29) is 11.8 Å². The number of rotatable bonds is 3. The van der Waals surface area contributed by atoms with Crippen LogP contribution in [0.5, 0.6) is 0 Å². The summed E-state index contributed by atoms with van der Waals surface area (Å²) in [6.45, 7) is 2.98. The second kappa shape index (κ2) is 5.59. The number of halogens is 1. The van der Waals surface area contributed by atoms with E-state index in [2.05, 4.69) is 12.2 Å². The van der Waals surface area contributed by atoms with Crippen LogP contribution in [0.2, 0.25) is 5.02 Å². The zero-order valence-electron chi connectivity index (χ0n) is 10.4. The molecule has 1 N–H and O–H groups in total. The van der Waals surface area contributed by atoms with Crippen LogP contribution in [-0.4, -0.2) is 20.7 Å². The van der Waals surface area contributed by atoms with Gasteiger partial charge in [0.25, 0.3) is 0 Å². The Balaban J connectivity index is 2.46. The van der Waals surface area contributed by atoms with Gasteiger partial charge in [0.1, 0.15) is 0 Å². The number of nitrogens with one attached hydrogen (secondary N) is 1. The Labute approximate surface area is 113 Å². The average Bonchev–Trinajstić information content (AvgIpc) is 2.43. The zero-order chi connectivity index (χ0) is 13.2. The number of hydrogen-bond donors (Lipinski definition) is 1. The maximum Gasteiger partial charge on any atom is 0.178 e. The monoisotopic (exact) mass is 287 g/mol. The lowest BCUT2D eigenvalue weighted by atomic mass is 10.0. The van der Waals surface area contributed by atoms with Gasteiger partial charge in [-0.3, -0.25) is 0 Å². The van der Waals surface area contributed by atoms with Gasteiger partial charge in [-0.05, 0) is 49.6 Å². The predicted octanol–water partition coefficient (Wildman–Crippen LogP) is 2.95. The van der Waals surface area contributed by atoms with Crippen molar-refractivity contribution in [2.45, 2.75) is 37.1 Å². The highest BCUT2D eigenvalue weighted by atomic mass is 35.5. The van der Waals surface area contributed by atoms with Crippen LogP contribution < -0.4 is 5.32 Å². The summed E-state index contributed by atoms with van der Waals surface area (Å²) in [7, 11) is -3.15. The number of hydrogen-bond acceptors (Lipinski definition) is 3. The number of benzene rings is 1. The minimum absolute atomic E-state index is 0.0934. The van der Waals surface area contributed by atoms with E-state index in [1.807, 2.05) is 0 Å². The summed E-state index contributed by atoms with van der Waals surface area (Å²) < 4.78 is 24.3. The average molecular weight is 288 g/mol. The van der Waals surface area contributed by atoms with E-state index in [4.69, 9.17) is 11.6 Å². The smallest absolute Gasteiger partial charge is 0.178 e. The molecule has 1 atom stereocenters. The van der Waals surface area contributed by atoms with E-state index < -0.39 is 9.84 Å². The Kier molecular flexibility index (Phi) is 4.30. The fourth-order valence-corrected chi connectivity index (χ4v) is 4.13. The fraction of sp³-hybridized carbons (Fsp3) is 0.538. The van der Waals surface area contributed by atoms with Gasteiger partial charge < -0.3 is 5.32 Å². The molecule has 5 heteroatoms. The summed E-state index contributed by atoms with van der Waals surface area (Å²) in [6.07, 6.45) is 2.56. The molecular formula is C13H18ClNO2S. The third-order valence-electron chi connectivity index (χ3n) is 3.23. The molecule has 0 bridgehead atoms. The topological polar surface area (TPSA) is 46.2 Å². The first kappa shape index (κ1) is 13.8. The van der Waals surface area contributed by atoms with Gasteiger partial charge in [-0.1, -0.05) is 18.5 Å². The first-order valence-electron chi connectivity index (χ1n) is 6.30. The molecule has 0 fully saturated rings. The second-order valence-corrected chi connectivity index (χ2v) is 7.16. The molecule has 0 amide bonds. The Hall–Kier alpha value is -0.580. The lowest BCUT2D eigenvalue weighted by molar-refractivity contribution is 0.493. The molecule has 1 unspecified atom stereocenters. The van der Waals surface area contributed by atoms with Crippen LogP contribution in [0.15, 0.2) is 23.1 Å². The van der Waals surface area contributed by atoms with Crippen molar-refractivity contribution in [1.82, 2.24) is 5.32 Å². The Morgan fingerprint density at radius 1 is 1.44 bits per heavy atom. The molecule has 1 aromatic carbocycles. The van der Waals surface area contributed by atoms with E-state index in [9.17, 15) is 8.42 Å². The van der Waals surface area contributed by atoms with Crippen molar-refractivity contribution in [2.75, 3.05) is 12.3 Å². The van der Waals surface area contributed by atoms with Crippen molar-refractivity contribution in [3.63, 3.8) is 0 Å². The summed E-state index contributed by atoms with van der Waals surface area (Å²) in [5, 5.41) is 4.00. The van der Waals surface area contributed by atoms with Gasteiger partial charge in [0.2, 0.25) is 0 Å². The van der Waals surface area contributed by atoms with Crippen LogP contribution in [0.25, 0.3) is 0 Å². The lowest BCUT2D eigenvalue weighted by Gasteiger charge is -2.18. The molecule has 3 nitrogen and oxygen atoms in total. The molecule has 1 aliphatic heterocycles. The van der Waals surface area contributed by atoms with Crippen LogP contribution >= 0.6 is 11.6 Å². The molecule has 0 saturated carbocycles. The largest absolute Gasteiger partial charge is 0.310 e.